The lowest BCUT2D eigenvalue weighted by Crippen LogP contribution is -2.35. The van der Waals surface area contributed by atoms with E-state index < -0.39 is 0 Å². The molecule has 0 fully saturated rings. The van der Waals surface area contributed by atoms with Gasteiger partial charge in [-0.3, -0.25) is 0 Å². The van der Waals surface area contributed by atoms with Gasteiger partial charge in [-0.2, -0.15) is 4.98 Å². The molecule has 0 saturated heterocycles. The number of hydrogen-bond donors (Lipinski definition) is 1. The van der Waals surface area contributed by atoms with E-state index in [0.29, 0.717) is 5.95 Å². The zero-order chi connectivity index (χ0) is 19.0. The van der Waals surface area contributed by atoms with E-state index in [1.807, 2.05) is 43.3 Å². The van der Waals surface area contributed by atoms with Crippen molar-refractivity contribution in [2.24, 2.45) is 0 Å². The fourth-order valence-electron chi connectivity index (χ4n) is 3.67. The summed E-state index contributed by atoms with van der Waals surface area (Å²) in [6.45, 7) is 7.28. The lowest BCUT2D eigenvalue weighted by molar-refractivity contribution is 0.614. The molecule has 0 aliphatic carbocycles. The highest BCUT2D eigenvalue weighted by Crippen LogP contribution is 2.36. The lowest BCUT2D eigenvalue weighted by Gasteiger charge is -2.37. The maximum Gasteiger partial charge on any atom is 0.229 e. The van der Waals surface area contributed by atoms with Gasteiger partial charge in [-0.05, 0) is 62.6 Å². The van der Waals surface area contributed by atoms with Gasteiger partial charge in [0.15, 0.2) is 0 Å². The fourth-order valence-corrected chi connectivity index (χ4v) is 3.85. The quantitative estimate of drug-likeness (QED) is 0.642. The van der Waals surface area contributed by atoms with Gasteiger partial charge < -0.3 is 10.2 Å². The molecule has 1 aliphatic heterocycles. The maximum absolute atomic E-state index is 6.25. The van der Waals surface area contributed by atoms with E-state index in [-0.39, 0.29) is 6.04 Å². The van der Waals surface area contributed by atoms with Crippen LogP contribution in [0.2, 0.25) is 5.02 Å². The minimum absolute atomic E-state index is 0.213. The molecular formula is C22H23ClN4. The molecule has 1 atom stereocenters. The first-order valence-electron chi connectivity index (χ1n) is 9.25. The van der Waals surface area contributed by atoms with Crippen molar-refractivity contribution in [2.75, 3.05) is 16.8 Å². The Balaban J connectivity index is 1.71. The molecule has 1 unspecified atom stereocenters. The fraction of sp³-hybridized carbons (Fsp3) is 0.273. The van der Waals surface area contributed by atoms with Crippen LogP contribution in [-0.4, -0.2) is 16.5 Å². The highest BCUT2D eigenvalue weighted by Gasteiger charge is 2.27. The van der Waals surface area contributed by atoms with Gasteiger partial charge in [0.25, 0.3) is 0 Å². The maximum atomic E-state index is 6.25. The van der Waals surface area contributed by atoms with Crippen molar-refractivity contribution in [1.29, 1.82) is 0 Å². The van der Waals surface area contributed by atoms with Crippen LogP contribution in [0.4, 0.5) is 17.5 Å². The van der Waals surface area contributed by atoms with Crippen LogP contribution in [-0.2, 0) is 6.42 Å². The summed E-state index contributed by atoms with van der Waals surface area (Å²) in [5.41, 5.74) is 5.74. The molecule has 2 aromatic carbocycles. The van der Waals surface area contributed by atoms with Gasteiger partial charge in [0.1, 0.15) is 5.82 Å². The molecular weight excluding hydrogens is 356 g/mol. The Bertz CT molecular complexity index is 972. The summed E-state index contributed by atoms with van der Waals surface area (Å²) in [5.74, 6) is 1.61. The van der Waals surface area contributed by atoms with Crippen molar-refractivity contribution >= 4 is 29.1 Å². The second-order valence-corrected chi connectivity index (χ2v) is 7.47. The summed E-state index contributed by atoms with van der Waals surface area (Å²) in [5, 5.41) is 4.11. The van der Waals surface area contributed by atoms with E-state index in [1.165, 1.54) is 11.1 Å². The number of nitrogens with zero attached hydrogens (tertiary/aromatic N) is 3. The van der Waals surface area contributed by atoms with Crippen LogP contribution in [0.15, 0.2) is 48.5 Å². The van der Waals surface area contributed by atoms with E-state index in [4.69, 9.17) is 16.6 Å². The molecule has 3 aromatic rings. The number of anilines is 3. The first-order valence-corrected chi connectivity index (χ1v) is 9.63. The molecule has 1 aromatic heterocycles. The van der Waals surface area contributed by atoms with E-state index in [1.54, 1.807) is 0 Å². The Morgan fingerprint density at radius 1 is 1.07 bits per heavy atom. The molecule has 1 aliphatic rings. The van der Waals surface area contributed by atoms with Crippen LogP contribution < -0.4 is 10.2 Å². The molecule has 4 nitrogen and oxygen atoms in total. The van der Waals surface area contributed by atoms with Gasteiger partial charge in [0, 0.05) is 28.5 Å². The average Bonchev–Trinajstić information content (AvgIpc) is 2.66. The molecule has 27 heavy (non-hydrogen) atoms. The summed E-state index contributed by atoms with van der Waals surface area (Å²) in [6.07, 6.45) is 0.987. The van der Waals surface area contributed by atoms with Crippen molar-refractivity contribution < 1.29 is 0 Å². The molecule has 4 rings (SSSR count). The predicted octanol–water partition coefficient (Wildman–Crippen LogP) is 5.61. The number of benzene rings is 2. The second-order valence-electron chi connectivity index (χ2n) is 7.03. The van der Waals surface area contributed by atoms with Gasteiger partial charge in [-0.15, -0.1) is 0 Å². The van der Waals surface area contributed by atoms with E-state index in [2.05, 4.69) is 41.2 Å². The third-order valence-electron chi connectivity index (χ3n) is 5.31. The first kappa shape index (κ1) is 17.8. The van der Waals surface area contributed by atoms with E-state index in [0.717, 1.165) is 40.8 Å². The summed E-state index contributed by atoms with van der Waals surface area (Å²) >= 11 is 6.25. The molecule has 138 valence electrons. The van der Waals surface area contributed by atoms with Crippen LogP contribution in [0, 0.1) is 13.8 Å². The number of halogens is 1. The number of hydrogen-bond acceptors (Lipinski definition) is 4. The Morgan fingerprint density at radius 2 is 1.85 bits per heavy atom. The van der Waals surface area contributed by atoms with Crippen molar-refractivity contribution in [1.82, 2.24) is 9.97 Å². The summed E-state index contributed by atoms with van der Waals surface area (Å²) < 4.78 is 0. The van der Waals surface area contributed by atoms with Gasteiger partial charge in [-0.25, -0.2) is 4.98 Å². The number of aromatic nitrogens is 2. The standard InChI is InChI=1S/C22H23ClN4/c1-14-15(2)24-22(25-19-7-5-4-6-8-19)26-21(14)27-12-11-17-9-10-18(23)13-20(17)16(27)3/h4-10,13,16H,11-12H2,1-3H3,(H,24,25,26). The normalized spacial score (nSPS) is 16.1. The molecule has 2 heterocycles. The molecule has 0 amide bonds. The summed E-state index contributed by atoms with van der Waals surface area (Å²) in [4.78, 5) is 11.9. The van der Waals surface area contributed by atoms with E-state index in [9.17, 15) is 0 Å². The van der Waals surface area contributed by atoms with Crippen molar-refractivity contribution in [3.05, 3.63) is 75.9 Å². The number of nitrogens with one attached hydrogen (secondary N) is 1. The van der Waals surface area contributed by atoms with Crippen LogP contribution in [0.3, 0.4) is 0 Å². The van der Waals surface area contributed by atoms with Crippen LogP contribution >= 0.6 is 11.6 Å². The zero-order valence-corrected chi connectivity index (χ0v) is 16.6. The SMILES string of the molecule is Cc1nc(Nc2ccccc2)nc(N2CCc3ccc(Cl)cc3C2C)c1C. The molecule has 5 heteroatoms. The third kappa shape index (κ3) is 3.50. The summed E-state index contributed by atoms with van der Waals surface area (Å²) in [6, 6.07) is 16.4. The van der Waals surface area contributed by atoms with Crippen molar-refractivity contribution in [2.45, 2.75) is 33.2 Å². The van der Waals surface area contributed by atoms with Crippen LogP contribution in [0.25, 0.3) is 0 Å². The molecule has 0 radical (unpaired) electrons. The summed E-state index contributed by atoms with van der Waals surface area (Å²) in [7, 11) is 0. The van der Waals surface area contributed by atoms with Crippen LogP contribution in [0.1, 0.15) is 35.3 Å². The van der Waals surface area contributed by atoms with Crippen molar-refractivity contribution in [3.8, 4) is 0 Å². The largest absolute Gasteiger partial charge is 0.349 e. The number of para-hydroxylation sites is 1. The van der Waals surface area contributed by atoms with Gasteiger partial charge >= 0.3 is 0 Å². The van der Waals surface area contributed by atoms with Gasteiger partial charge in [-0.1, -0.05) is 35.9 Å². The predicted molar refractivity (Wildman–Crippen MR) is 112 cm³/mol. The Morgan fingerprint density at radius 3 is 2.63 bits per heavy atom. The highest BCUT2D eigenvalue weighted by molar-refractivity contribution is 6.30. The Kier molecular flexibility index (Phi) is 4.75. The molecule has 1 N–H and O–H groups in total. The third-order valence-corrected chi connectivity index (χ3v) is 5.55. The van der Waals surface area contributed by atoms with Gasteiger partial charge in [0.2, 0.25) is 5.95 Å². The van der Waals surface area contributed by atoms with Gasteiger partial charge in [0.05, 0.1) is 6.04 Å². The first-order chi connectivity index (χ1) is 13.0. The smallest absolute Gasteiger partial charge is 0.229 e. The Labute approximate surface area is 165 Å². The molecule has 0 saturated carbocycles. The highest BCUT2D eigenvalue weighted by atomic mass is 35.5. The van der Waals surface area contributed by atoms with Crippen LogP contribution in [0.5, 0.6) is 0 Å². The zero-order valence-electron chi connectivity index (χ0n) is 15.8. The lowest BCUT2D eigenvalue weighted by atomic mass is 9.93. The number of aryl methyl sites for hydroxylation is 1. The minimum Gasteiger partial charge on any atom is -0.349 e. The topological polar surface area (TPSA) is 41.1 Å². The van der Waals surface area contributed by atoms with Crippen molar-refractivity contribution in [3.63, 3.8) is 0 Å². The Hall–Kier alpha value is -2.59. The average molecular weight is 379 g/mol. The van der Waals surface area contributed by atoms with E-state index >= 15 is 0 Å². The number of rotatable bonds is 3. The minimum atomic E-state index is 0.213. The number of fused-ring (bicyclic) bond motifs is 1. The monoisotopic (exact) mass is 378 g/mol. The molecule has 0 bridgehead atoms. The second kappa shape index (κ2) is 7.20. The molecule has 0 spiro atoms.